The number of fused-ring (bicyclic) bond motifs is 1. The first-order valence-electron chi connectivity index (χ1n) is 14.7. The minimum absolute atomic E-state index is 0.108. The van der Waals surface area contributed by atoms with Gasteiger partial charge in [0.15, 0.2) is 0 Å². The first-order valence-corrected chi connectivity index (χ1v) is 14.7. The van der Waals surface area contributed by atoms with E-state index in [9.17, 15) is 9.90 Å². The number of carbonyl (C=O) groups is 1. The van der Waals surface area contributed by atoms with Gasteiger partial charge in [-0.2, -0.15) is 0 Å². The molecule has 3 aromatic rings. The Morgan fingerprint density at radius 3 is 2.53 bits per heavy atom. The number of aliphatic hydroxyl groups is 1. The molecule has 1 aromatic heterocycles. The van der Waals surface area contributed by atoms with Crippen LogP contribution in [0.25, 0.3) is 11.0 Å². The first-order chi connectivity index (χ1) is 18.5. The molecule has 2 aliphatic rings. The van der Waals surface area contributed by atoms with Crippen LogP contribution in [-0.4, -0.2) is 57.2 Å². The van der Waals surface area contributed by atoms with Crippen LogP contribution in [0.1, 0.15) is 82.5 Å². The summed E-state index contributed by atoms with van der Waals surface area (Å²) in [5.74, 6) is 1.52. The van der Waals surface area contributed by atoms with Crippen LogP contribution in [0.15, 0.2) is 54.6 Å². The van der Waals surface area contributed by atoms with Crippen LogP contribution >= 0.6 is 0 Å². The summed E-state index contributed by atoms with van der Waals surface area (Å²) in [4.78, 5) is 20.4. The summed E-state index contributed by atoms with van der Waals surface area (Å²) < 4.78 is 2.28. The number of aliphatic hydroxyl groups excluding tert-OH is 1. The number of likely N-dealkylation sites (tertiary alicyclic amines) is 1. The fourth-order valence-corrected chi connectivity index (χ4v) is 6.74. The zero-order valence-corrected chi connectivity index (χ0v) is 23.1. The molecular weight excluding hydrogens is 472 g/mol. The number of para-hydroxylation sites is 2. The average molecular weight is 517 g/mol. The number of rotatable bonds is 9. The van der Waals surface area contributed by atoms with Gasteiger partial charge in [-0.05, 0) is 75.7 Å². The quantitative estimate of drug-likeness (QED) is 0.374. The highest BCUT2D eigenvalue weighted by molar-refractivity contribution is 5.77. The molecule has 0 bridgehead atoms. The Labute approximate surface area is 227 Å². The highest BCUT2D eigenvalue weighted by atomic mass is 16.3. The summed E-state index contributed by atoms with van der Waals surface area (Å²) in [6.07, 6.45) is 7.06. The number of imidazole rings is 1. The molecule has 5 rings (SSSR count). The van der Waals surface area contributed by atoms with Gasteiger partial charge in [-0.15, -0.1) is 0 Å². The molecule has 6 heteroatoms. The molecule has 0 spiro atoms. The molecular formula is C32H44N4O2. The second-order valence-electron chi connectivity index (χ2n) is 11.7. The van der Waals surface area contributed by atoms with Gasteiger partial charge >= 0.3 is 0 Å². The lowest BCUT2D eigenvalue weighted by Gasteiger charge is -2.34. The molecule has 1 amide bonds. The summed E-state index contributed by atoms with van der Waals surface area (Å²) in [6, 6.07) is 19.1. The number of benzene rings is 2. The molecule has 6 nitrogen and oxygen atoms in total. The smallest absolute Gasteiger partial charge is 0.220 e. The van der Waals surface area contributed by atoms with E-state index in [1.54, 1.807) is 0 Å². The number of aryl methyl sites for hydroxylation is 1. The van der Waals surface area contributed by atoms with Gasteiger partial charge in [0, 0.05) is 36.9 Å². The number of hydrogen-bond acceptors (Lipinski definition) is 4. The van der Waals surface area contributed by atoms with Crippen LogP contribution in [0, 0.1) is 0 Å². The molecule has 1 aliphatic heterocycles. The van der Waals surface area contributed by atoms with Crippen molar-refractivity contribution in [2.24, 2.45) is 0 Å². The Kier molecular flexibility index (Phi) is 8.49. The van der Waals surface area contributed by atoms with E-state index in [4.69, 9.17) is 4.98 Å². The van der Waals surface area contributed by atoms with E-state index in [-0.39, 0.29) is 23.5 Å². The van der Waals surface area contributed by atoms with Gasteiger partial charge < -0.3 is 15.0 Å². The summed E-state index contributed by atoms with van der Waals surface area (Å²) in [7, 11) is 0. The maximum absolute atomic E-state index is 13.1. The van der Waals surface area contributed by atoms with Crippen molar-refractivity contribution in [1.29, 1.82) is 0 Å². The van der Waals surface area contributed by atoms with E-state index in [0.717, 1.165) is 68.6 Å². The number of nitrogens with zero attached hydrogens (tertiary/aromatic N) is 3. The van der Waals surface area contributed by atoms with Gasteiger partial charge in [0.05, 0.1) is 17.1 Å². The van der Waals surface area contributed by atoms with Crippen LogP contribution in [-0.2, 0) is 16.8 Å². The molecule has 38 heavy (non-hydrogen) atoms. The summed E-state index contributed by atoms with van der Waals surface area (Å²) in [5.41, 5.74) is 3.30. The normalized spacial score (nSPS) is 24.6. The largest absolute Gasteiger partial charge is 0.391 e. The lowest BCUT2D eigenvalue weighted by atomic mass is 9.74. The third-order valence-corrected chi connectivity index (χ3v) is 8.89. The topological polar surface area (TPSA) is 70.4 Å². The number of carbonyl (C=O) groups excluding carboxylic acids is 1. The molecule has 2 N–H and O–H groups in total. The lowest BCUT2D eigenvalue weighted by molar-refractivity contribution is -0.121. The minimum Gasteiger partial charge on any atom is -0.391 e. The second kappa shape index (κ2) is 12.0. The predicted molar refractivity (Wildman–Crippen MR) is 153 cm³/mol. The number of nitrogens with one attached hydrogen (secondary N) is 1. The Morgan fingerprint density at radius 1 is 1.05 bits per heavy atom. The minimum atomic E-state index is -0.297. The van der Waals surface area contributed by atoms with Gasteiger partial charge in [0.2, 0.25) is 5.91 Å². The highest BCUT2D eigenvalue weighted by Gasteiger charge is 2.40. The van der Waals surface area contributed by atoms with Crippen molar-refractivity contribution in [3.8, 4) is 0 Å². The predicted octanol–water partition coefficient (Wildman–Crippen LogP) is 5.39. The van der Waals surface area contributed by atoms with Crippen molar-refractivity contribution >= 4 is 16.9 Å². The molecule has 0 unspecified atom stereocenters. The van der Waals surface area contributed by atoms with Crippen molar-refractivity contribution in [2.75, 3.05) is 19.6 Å². The Bertz CT molecular complexity index is 1200. The summed E-state index contributed by atoms with van der Waals surface area (Å²) in [5, 5.41) is 14.4. The maximum Gasteiger partial charge on any atom is 0.220 e. The Morgan fingerprint density at radius 2 is 1.76 bits per heavy atom. The molecule has 1 aliphatic carbocycles. The average Bonchev–Trinajstić information content (AvgIpc) is 3.56. The van der Waals surface area contributed by atoms with Crippen LogP contribution in [0.4, 0.5) is 0 Å². The van der Waals surface area contributed by atoms with Gasteiger partial charge in [-0.25, -0.2) is 4.98 Å². The highest BCUT2D eigenvalue weighted by Crippen LogP contribution is 2.40. The lowest BCUT2D eigenvalue weighted by Crippen LogP contribution is -2.42. The SMILES string of the molecule is CC(C)c1nc2ccccc2n1CCCC(=O)NC[C@@]1(c2ccccc2)CC[C@H](O)[C@@H](N2CCCC2)CC1. The van der Waals surface area contributed by atoms with E-state index in [2.05, 4.69) is 77.2 Å². The Balaban J connectivity index is 1.23. The van der Waals surface area contributed by atoms with Crippen LogP contribution in [0.5, 0.6) is 0 Å². The molecule has 1 saturated carbocycles. The van der Waals surface area contributed by atoms with Crippen molar-refractivity contribution in [3.05, 3.63) is 66.0 Å². The standard InChI is InChI=1S/C32H44N4O2/c1-24(2)31-34-26-13-6-7-14-27(26)36(31)22-10-15-30(38)33-23-32(25-11-4-3-5-12-25)18-16-28(29(37)17-19-32)35-20-8-9-21-35/h3-7,11-14,24,28-29,37H,8-10,15-23H2,1-2H3,(H,33,38)/t28-,29-,32-/m0/s1. The number of hydrogen-bond donors (Lipinski definition) is 2. The van der Waals surface area contributed by atoms with Crippen LogP contribution < -0.4 is 5.32 Å². The van der Waals surface area contributed by atoms with Crippen molar-refractivity contribution in [1.82, 2.24) is 19.8 Å². The molecule has 2 fully saturated rings. The van der Waals surface area contributed by atoms with E-state index in [0.29, 0.717) is 18.9 Å². The van der Waals surface area contributed by atoms with Crippen LogP contribution in [0.3, 0.4) is 0 Å². The van der Waals surface area contributed by atoms with E-state index < -0.39 is 0 Å². The fraction of sp³-hybridized carbons (Fsp3) is 0.562. The van der Waals surface area contributed by atoms with Gasteiger partial charge in [-0.1, -0.05) is 56.3 Å². The number of amides is 1. The zero-order chi connectivity index (χ0) is 26.5. The molecule has 3 atom stereocenters. The second-order valence-corrected chi connectivity index (χ2v) is 11.7. The third kappa shape index (κ3) is 5.81. The summed E-state index contributed by atoms with van der Waals surface area (Å²) >= 11 is 0. The molecule has 204 valence electrons. The van der Waals surface area contributed by atoms with Gasteiger partial charge in [-0.3, -0.25) is 9.69 Å². The third-order valence-electron chi connectivity index (χ3n) is 8.89. The van der Waals surface area contributed by atoms with E-state index in [1.165, 1.54) is 18.4 Å². The molecule has 0 radical (unpaired) electrons. The zero-order valence-electron chi connectivity index (χ0n) is 23.1. The molecule has 2 heterocycles. The van der Waals surface area contributed by atoms with Gasteiger partial charge in [0.25, 0.3) is 0 Å². The number of aromatic nitrogens is 2. The fourth-order valence-electron chi connectivity index (χ4n) is 6.74. The monoisotopic (exact) mass is 516 g/mol. The maximum atomic E-state index is 13.1. The van der Waals surface area contributed by atoms with Crippen LogP contribution in [0.2, 0.25) is 0 Å². The van der Waals surface area contributed by atoms with E-state index >= 15 is 0 Å². The van der Waals surface area contributed by atoms with Gasteiger partial charge in [0.1, 0.15) is 5.82 Å². The Hall–Kier alpha value is -2.70. The van der Waals surface area contributed by atoms with Crippen molar-refractivity contribution in [2.45, 2.75) is 95.2 Å². The van der Waals surface area contributed by atoms with Crippen molar-refractivity contribution < 1.29 is 9.90 Å². The summed E-state index contributed by atoms with van der Waals surface area (Å²) in [6.45, 7) is 7.95. The molecule has 1 saturated heterocycles. The van der Waals surface area contributed by atoms with E-state index in [1.807, 2.05) is 6.07 Å². The molecule has 2 aromatic carbocycles. The first kappa shape index (κ1) is 26.9. The van der Waals surface area contributed by atoms with Crippen molar-refractivity contribution in [3.63, 3.8) is 0 Å².